The summed E-state index contributed by atoms with van der Waals surface area (Å²) in [4.78, 5) is 24.1. The van der Waals surface area contributed by atoms with Crippen LogP contribution in [-0.4, -0.2) is 17.0 Å². The van der Waals surface area contributed by atoms with Crippen molar-refractivity contribution in [1.29, 1.82) is 0 Å². The number of hydrogen-bond donors (Lipinski definition) is 1. The molecule has 0 heterocycles. The molecule has 0 fully saturated rings. The Morgan fingerprint density at radius 3 is 1.88 bits per heavy atom. The number of rotatable bonds is 4. The van der Waals surface area contributed by atoms with Crippen molar-refractivity contribution < 1.29 is 24.2 Å². The van der Waals surface area contributed by atoms with E-state index >= 15 is 0 Å². The third-order valence-electron chi connectivity index (χ3n) is 3.38. The molecule has 0 bridgehead atoms. The molecule has 25 heavy (non-hydrogen) atoms. The quantitative estimate of drug-likeness (QED) is 0.580. The first-order valence-corrected chi connectivity index (χ1v) is 7.51. The van der Waals surface area contributed by atoms with Crippen LogP contribution in [0.4, 0.5) is 0 Å². The summed E-state index contributed by atoms with van der Waals surface area (Å²) in [5.74, 6) is -0.648. The third kappa shape index (κ3) is 4.03. The van der Waals surface area contributed by atoms with Crippen LogP contribution in [0.1, 0.15) is 20.7 Å². The van der Waals surface area contributed by atoms with Gasteiger partial charge in [0.2, 0.25) is 0 Å². The monoisotopic (exact) mass is 334 g/mol. The number of esters is 2. The highest BCUT2D eigenvalue weighted by Gasteiger charge is 2.14. The Hall–Kier alpha value is -3.60. The summed E-state index contributed by atoms with van der Waals surface area (Å²) in [5.41, 5.74) is 0.390. The highest BCUT2D eigenvalue weighted by atomic mass is 16.5. The molecule has 124 valence electrons. The topological polar surface area (TPSA) is 72.8 Å². The Morgan fingerprint density at radius 1 is 0.640 bits per heavy atom. The second kappa shape index (κ2) is 7.31. The smallest absolute Gasteiger partial charge is 0.347 e. The van der Waals surface area contributed by atoms with Gasteiger partial charge in [0.15, 0.2) is 0 Å². The fourth-order valence-corrected chi connectivity index (χ4v) is 2.12. The number of aromatic hydroxyl groups is 1. The number of carbonyl (C=O) groups is 2. The zero-order valence-electron chi connectivity index (χ0n) is 13.1. The van der Waals surface area contributed by atoms with E-state index < -0.39 is 11.9 Å². The van der Waals surface area contributed by atoms with Crippen LogP contribution < -0.4 is 9.47 Å². The van der Waals surface area contributed by atoms with Crippen molar-refractivity contribution >= 4 is 11.9 Å². The molecule has 0 saturated carbocycles. The van der Waals surface area contributed by atoms with Crippen LogP contribution in [0.2, 0.25) is 0 Å². The van der Waals surface area contributed by atoms with Crippen molar-refractivity contribution in [2.45, 2.75) is 0 Å². The number of phenols is 1. The molecule has 0 aliphatic carbocycles. The van der Waals surface area contributed by atoms with E-state index in [1.807, 2.05) is 6.07 Å². The van der Waals surface area contributed by atoms with Crippen LogP contribution in [0.25, 0.3) is 0 Å². The van der Waals surface area contributed by atoms with Gasteiger partial charge in [0.25, 0.3) is 0 Å². The third-order valence-corrected chi connectivity index (χ3v) is 3.38. The predicted octanol–water partition coefficient (Wildman–Crippen LogP) is 3.83. The number of para-hydroxylation sites is 2. The van der Waals surface area contributed by atoms with Crippen LogP contribution in [-0.2, 0) is 0 Å². The van der Waals surface area contributed by atoms with Crippen LogP contribution in [0.3, 0.4) is 0 Å². The molecule has 0 aliphatic heterocycles. The highest BCUT2D eigenvalue weighted by Crippen LogP contribution is 2.20. The van der Waals surface area contributed by atoms with E-state index in [0.717, 1.165) is 0 Å². The van der Waals surface area contributed by atoms with E-state index in [0.29, 0.717) is 11.3 Å². The lowest BCUT2D eigenvalue weighted by Crippen LogP contribution is -2.10. The van der Waals surface area contributed by atoms with E-state index in [-0.39, 0.29) is 17.1 Å². The molecular weight excluding hydrogens is 320 g/mol. The molecule has 3 rings (SSSR count). The van der Waals surface area contributed by atoms with Gasteiger partial charge in [-0.25, -0.2) is 9.59 Å². The summed E-state index contributed by atoms with van der Waals surface area (Å²) >= 11 is 0. The highest BCUT2D eigenvalue weighted by molar-refractivity contribution is 5.94. The van der Waals surface area contributed by atoms with Gasteiger partial charge in [-0.2, -0.15) is 0 Å². The van der Waals surface area contributed by atoms with Gasteiger partial charge < -0.3 is 14.6 Å². The second-order valence-corrected chi connectivity index (χ2v) is 5.13. The maximum atomic E-state index is 12.1. The minimum Gasteiger partial charge on any atom is -0.507 e. The number of ether oxygens (including phenoxy) is 2. The molecule has 0 atom stereocenters. The van der Waals surface area contributed by atoms with Gasteiger partial charge in [0, 0.05) is 0 Å². The second-order valence-electron chi connectivity index (χ2n) is 5.13. The summed E-state index contributed by atoms with van der Waals surface area (Å²) in [7, 11) is 0. The predicted molar refractivity (Wildman–Crippen MR) is 90.9 cm³/mol. The van der Waals surface area contributed by atoms with Gasteiger partial charge in [-0.1, -0.05) is 30.3 Å². The Morgan fingerprint density at radius 2 is 1.20 bits per heavy atom. The lowest BCUT2D eigenvalue weighted by molar-refractivity contribution is 0.0728. The number of benzene rings is 3. The molecule has 5 heteroatoms. The molecule has 1 N–H and O–H groups in total. The summed E-state index contributed by atoms with van der Waals surface area (Å²) in [6.07, 6.45) is 0. The van der Waals surface area contributed by atoms with E-state index in [1.165, 1.54) is 36.4 Å². The van der Waals surface area contributed by atoms with Gasteiger partial charge in [-0.3, -0.25) is 0 Å². The van der Waals surface area contributed by atoms with Crippen molar-refractivity contribution in [3.63, 3.8) is 0 Å². The number of hydrogen-bond acceptors (Lipinski definition) is 5. The first-order chi connectivity index (χ1) is 12.1. The lowest BCUT2D eigenvalue weighted by atomic mass is 10.2. The first kappa shape index (κ1) is 16.3. The normalized spacial score (nSPS) is 10.1. The van der Waals surface area contributed by atoms with E-state index in [4.69, 9.17) is 9.47 Å². The van der Waals surface area contributed by atoms with Gasteiger partial charge in [0.05, 0.1) is 5.56 Å². The minimum absolute atomic E-state index is 0.0649. The number of phenolic OH excluding ortho intramolecular Hbond substituents is 1. The van der Waals surface area contributed by atoms with E-state index in [1.54, 1.807) is 36.4 Å². The van der Waals surface area contributed by atoms with E-state index in [9.17, 15) is 14.7 Å². The summed E-state index contributed by atoms with van der Waals surface area (Å²) in [5, 5.41) is 9.65. The molecule has 0 radical (unpaired) electrons. The molecule has 0 amide bonds. The molecule has 0 aromatic heterocycles. The van der Waals surface area contributed by atoms with Crippen molar-refractivity contribution in [2.75, 3.05) is 0 Å². The van der Waals surface area contributed by atoms with Crippen molar-refractivity contribution in [2.24, 2.45) is 0 Å². The van der Waals surface area contributed by atoms with Gasteiger partial charge in [-0.15, -0.1) is 0 Å². The SMILES string of the molecule is O=C(Oc1ccccc1)c1ccc(OC(=O)c2ccccc2O)cc1. The van der Waals surface area contributed by atoms with Crippen molar-refractivity contribution in [1.82, 2.24) is 0 Å². The standard InChI is InChI=1S/C20H14O5/c21-18-9-5-4-8-17(18)20(23)25-16-12-10-14(11-13-16)19(22)24-15-6-2-1-3-7-15/h1-13,21H. The molecule has 5 nitrogen and oxygen atoms in total. The van der Waals surface area contributed by atoms with Crippen molar-refractivity contribution in [3.8, 4) is 17.2 Å². The van der Waals surface area contributed by atoms with E-state index in [2.05, 4.69) is 0 Å². The summed E-state index contributed by atoms with van der Waals surface area (Å²) in [6, 6.07) is 20.8. The van der Waals surface area contributed by atoms with Crippen LogP contribution in [0.15, 0.2) is 78.9 Å². The maximum absolute atomic E-state index is 12.1. The Bertz CT molecular complexity index is 885. The fraction of sp³-hybridized carbons (Fsp3) is 0. The number of carbonyl (C=O) groups excluding carboxylic acids is 2. The Labute approximate surface area is 144 Å². The molecule has 0 unspecified atom stereocenters. The summed E-state index contributed by atoms with van der Waals surface area (Å²) < 4.78 is 10.4. The molecule has 3 aromatic carbocycles. The zero-order chi connectivity index (χ0) is 17.6. The Balaban J connectivity index is 1.67. The summed E-state index contributed by atoms with van der Waals surface area (Å²) in [6.45, 7) is 0. The van der Waals surface area contributed by atoms with Crippen LogP contribution >= 0.6 is 0 Å². The van der Waals surface area contributed by atoms with Crippen LogP contribution in [0.5, 0.6) is 17.2 Å². The first-order valence-electron chi connectivity index (χ1n) is 7.51. The molecule has 0 aliphatic rings. The average Bonchev–Trinajstić information content (AvgIpc) is 2.63. The molecule has 0 saturated heterocycles. The zero-order valence-corrected chi connectivity index (χ0v) is 13.1. The molecule has 0 spiro atoms. The van der Waals surface area contributed by atoms with Gasteiger partial charge in [-0.05, 0) is 48.5 Å². The maximum Gasteiger partial charge on any atom is 0.347 e. The minimum atomic E-state index is -0.683. The average molecular weight is 334 g/mol. The largest absolute Gasteiger partial charge is 0.507 e. The Kier molecular flexibility index (Phi) is 4.76. The van der Waals surface area contributed by atoms with Gasteiger partial charge >= 0.3 is 11.9 Å². The van der Waals surface area contributed by atoms with Gasteiger partial charge in [0.1, 0.15) is 22.8 Å². The van der Waals surface area contributed by atoms with Crippen LogP contribution in [0, 0.1) is 0 Å². The van der Waals surface area contributed by atoms with Crippen molar-refractivity contribution in [3.05, 3.63) is 90.0 Å². The fourth-order valence-electron chi connectivity index (χ4n) is 2.12. The lowest BCUT2D eigenvalue weighted by Gasteiger charge is -2.07. The molecule has 3 aromatic rings. The molecular formula is C20H14O5.